The van der Waals surface area contributed by atoms with E-state index in [9.17, 15) is 4.79 Å². The highest BCUT2D eigenvalue weighted by Gasteiger charge is 2.10. The van der Waals surface area contributed by atoms with Crippen molar-refractivity contribution in [2.45, 2.75) is 6.92 Å². The molecule has 0 spiro atoms. The van der Waals surface area contributed by atoms with Crippen LogP contribution in [0.5, 0.6) is 5.75 Å². The summed E-state index contributed by atoms with van der Waals surface area (Å²) in [5, 5.41) is 5.74. The minimum absolute atomic E-state index is 0.147. The van der Waals surface area contributed by atoms with Crippen LogP contribution in [0.15, 0.2) is 52.0 Å². The van der Waals surface area contributed by atoms with E-state index in [0.717, 1.165) is 22.2 Å². The normalized spacial score (nSPS) is 11.2. The number of benzene rings is 2. The Hall–Kier alpha value is -2.31. The summed E-state index contributed by atoms with van der Waals surface area (Å²) in [6.45, 7) is 1.87. The molecule has 0 atom stereocenters. The van der Waals surface area contributed by atoms with Crippen molar-refractivity contribution in [3.8, 4) is 5.75 Å². The Kier molecular flexibility index (Phi) is 5.64. The van der Waals surface area contributed by atoms with Gasteiger partial charge in [-0.25, -0.2) is 5.43 Å². The molecule has 1 heterocycles. The van der Waals surface area contributed by atoms with Crippen LogP contribution in [0.4, 0.5) is 0 Å². The molecule has 134 valence electrons. The molecular formula is C19H17BrClN3O2. The number of carbonyl (C=O) groups is 1. The molecule has 1 N–H and O–H groups in total. The molecule has 0 aliphatic carbocycles. The number of nitrogens with one attached hydrogen (secondary N) is 1. The first-order valence-electron chi connectivity index (χ1n) is 7.91. The second-order valence-electron chi connectivity index (χ2n) is 5.73. The highest BCUT2D eigenvalue weighted by Crippen LogP contribution is 2.27. The summed E-state index contributed by atoms with van der Waals surface area (Å²) in [7, 11) is 2.01. The molecule has 0 unspecified atom stereocenters. The first-order valence-corrected chi connectivity index (χ1v) is 9.08. The van der Waals surface area contributed by atoms with Crippen molar-refractivity contribution in [1.82, 2.24) is 9.99 Å². The van der Waals surface area contributed by atoms with Gasteiger partial charge in [-0.2, -0.15) is 5.10 Å². The lowest BCUT2D eigenvalue weighted by molar-refractivity contribution is -0.123. The highest BCUT2D eigenvalue weighted by molar-refractivity contribution is 9.10. The average molecular weight is 435 g/mol. The zero-order valence-corrected chi connectivity index (χ0v) is 16.6. The average Bonchev–Trinajstić information content (AvgIpc) is 2.86. The van der Waals surface area contributed by atoms with E-state index < -0.39 is 0 Å². The van der Waals surface area contributed by atoms with E-state index in [2.05, 4.69) is 37.1 Å². The van der Waals surface area contributed by atoms with Gasteiger partial charge in [-0.05, 0) is 47.1 Å². The summed E-state index contributed by atoms with van der Waals surface area (Å²) in [6, 6.07) is 13.2. The van der Waals surface area contributed by atoms with Gasteiger partial charge in [0.15, 0.2) is 6.61 Å². The van der Waals surface area contributed by atoms with Crippen LogP contribution in [0, 0.1) is 6.92 Å². The summed E-state index contributed by atoms with van der Waals surface area (Å²) in [5.74, 6) is 0.194. The third kappa shape index (κ3) is 3.92. The standard InChI is InChI=1S/C19H17BrClN3O2/c1-12-15(14-5-3-4-6-17(14)24(12)2)10-22-23-19(25)11-26-18-8-7-13(21)9-16(18)20/h3-10H,11H2,1-2H3,(H,23,25)/b22-10+. The van der Waals surface area contributed by atoms with E-state index in [1.807, 2.05) is 32.2 Å². The Labute approximate surface area is 164 Å². The van der Waals surface area contributed by atoms with Gasteiger partial charge in [0.05, 0.1) is 10.7 Å². The predicted molar refractivity (Wildman–Crippen MR) is 108 cm³/mol. The Morgan fingerprint density at radius 1 is 1.35 bits per heavy atom. The largest absolute Gasteiger partial charge is 0.483 e. The van der Waals surface area contributed by atoms with E-state index >= 15 is 0 Å². The van der Waals surface area contributed by atoms with Gasteiger partial charge in [0.2, 0.25) is 0 Å². The maximum absolute atomic E-state index is 11.9. The monoisotopic (exact) mass is 433 g/mol. The fraction of sp³-hybridized carbons (Fsp3) is 0.158. The first kappa shape index (κ1) is 18.5. The molecule has 0 aliphatic rings. The molecule has 7 heteroatoms. The van der Waals surface area contributed by atoms with Gasteiger partial charge in [0, 0.05) is 34.2 Å². The van der Waals surface area contributed by atoms with Crippen molar-refractivity contribution in [3.63, 3.8) is 0 Å². The third-order valence-electron chi connectivity index (χ3n) is 4.08. The minimum atomic E-state index is -0.346. The van der Waals surface area contributed by atoms with Crippen LogP contribution in [0.3, 0.4) is 0 Å². The third-order valence-corrected chi connectivity index (χ3v) is 4.94. The number of para-hydroxylation sites is 1. The molecule has 3 rings (SSSR count). The van der Waals surface area contributed by atoms with Crippen molar-refractivity contribution < 1.29 is 9.53 Å². The number of carbonyl (C=O) groups excluding carboxylic acids is 1. The second-order valence-corrected chi connectivity index (χ2v) is 7.02. The first-order chi connectivity index (χ1) is 12.5. The van der Waals surface area contributed by atoms with Gasteiger partial charge >= 0.3 is 0 Å². The summed E-state index contributed by atoms with van der Waals surface area (Å²) in [5.41, 5.74) is 5.66. The minimum Gasteiger partial charge on any atom is -0.483 e. The fourth-order valence-corrected chi connectivity index (χ4v) is 3.45. The van der Waals surface area contributed by atoms with Crippen molar-refractivity contribution in [3.05, 3.63) is 63.2 Å². The zero-order chi connectivity index (χ0) is 18.7. The van der Waals surface area contributed by atoms with E-state index in [1.165, 1.54) is 0 Å². The van der Waals surface area contributed by atoms with Crippen LogP contribution in [-0.2, 0) is 11.8 Å². The number of aromatic nitrogens is 1. The summed E-state index contributed by atoms with van der Waals surface area (Å²) in [4.78, 5) is 11.9. The quantitative estimate of drug-likeness (QED) is 0.477. The number of amides is 1. The Balaban J connectivity index is 1.64. The predicted octanol–water partition coefficient (Wildman–Crippen LogP) is 4.43. The molecule has 0 radical (unpaired) electrons. The molecule has 0 saturated carbocycles. The molecule has 5 nitrogen and oxygen atoms in total. The van der Waals surface area contributed by atoms with Crippen molar-refractivity contribution in [2.75, 3.05) is 6.61 Å². The SMILES string of the molecule is Cc1c(/C=N/NC(=O)COc2ccc(Cl)cc2Br)c2ccccc2n1C. The smallest absolute Gasteiger partial charge is 0.277 e. The van der Waals surface area contributed by atoms with Crippen molar-refractivity contribution in [1.29, 1.82) is 0 Å². The van der Waals surface area contributed by atoms with Crippen LogP contribution >= 0.6 is 27.5 Å². The number of hydrogen-bond donors (Lipinski definition) is 1. The summed E-state index contributed by atoms with van der Waals surface area (Å²) >= 11 is 9.22. The van der Waals surface area contributed by atoms with Gasteiger partial charge < -0.3 is 9.30 Å². The molecule has 26 heavy (non-hydrogen) atoms. The summed E-state index contributed by atoms with van der Waals surface area (Å²) in [6.07, 6.45) is 1.66. The maximum Gasteiger partial charge on any atom is 0.277 e. The van der Waals surface area contributed by atoms with Crippen LogP contribution in [0.25, 0.3) is 10.9 Å². The van der Waals surface area contributed by atoms with E-state index in [-0.39, 0.29) is 12.5 Å². The van der Waals surface area contributed by atoms with Gasteiger partial charge in [-0.1, -0.05) is 29.8 Å². The van der Waals surface area contributed by atoms with Gasteiger partial charge in [-0.3, -0.25) is 4.79 Å². The highest BCUT2D eigenvalue weighted by atomic mass is 79.9. The van der Waals surface area contributed by atoms with Gasteiger partial charge in [-0.15, -0.1) is 0 Å². The van der Waals surface area contributed by atoms with Gasteiger partial charge in [0.1, 0.15) is 5.75 Å². The molecule has 0 aliphatic heterocycles. The van der Waals surface area contributed by atoms with E-state index in [0.29, 0.717) is 15.2 Å². The fourth-order valence-electron chi connectivity index (χ4n) is 2.65. The zero-order valence-electron chi connectivity index (χ0n) is 14.3. The lowest BCUT2D eigenvalue weighted by Crippen LogP contribution is -2.24. The number of nitrogens with zero attached hydrogens (tertiary/aromatic N) is 2. The number of fused-ring (bicyclic) bond motifs is 1. The van der Waals surface area contributed by atoms with Crippen molar-refractivity contribution in [2.24, 2.45) is 12.1 Å². The van der Waals surface area contributed by atoms with Crippen LogP contribution in [0.2, 0.25) is 5.02 Å². The van der Waals surface area contributed by atoms with E-state index in [1.54, 1.807) is 24.4 Å². The Bertz CT molecular complexity index is 998. The lowest BCUT2D eigenvalue weighted by atomic mass is 10.1. The number of halogens is 2. The van der Waals surface area contributed by atoms with Gasteiger partial charge in [0.25, 0.3) is 5.91 Å². The molecule has 0 fully saturated rings. The van der Waals surface area contributed by atoms with Crippen LogP contribution in [-0.4, -0.2) is 23.3 Å². The topological polar surface area (TPSA) is 55.6 Å². The maximum atomic E-state index is 11.9. The molecule has 0 saturated heterocycles. The second kappa shape index (κ2) is 7.93. The molecule has 1 aromatic heterocycles. The molecule has 3 aromatic rings. The molecule has 1 amide bonds. The molecule has 2 aromatic carbocycles. The number of hydrogen-bond acceptors (Lipinski definition) is 3. The Morgan fingerprint density at radius 2 is 2.12 bits per heavy atom. The van der Waals surface area contributed by atoms with Crippen LogP contribution < -0.4 is 10.2 Å². The number of hydrazone groups is 1. The number of ether oxygens (including phenoxy) is 1. The summed E-state index contributed by atoms with van der Waals surface area (Å²) < 4.78 is 8.24. The van der Waals surface area contributed by atoms with Crippen LogP contribution in [0.1, 0.15) is 11.3 Å². The molecule has 0 bridgehead atoms. The lowest BCUT2D eigenvalue weighted by Gasteiger charge is -2.07. The number of aryl methyl sites for hydroxylation is 1. The van der Waals surface area contributed by atoms with E-state index in [4.69, 9.17) is 16.3 Å². The number of rotatable bonds is 5. The molecular weight excluding hydrogens is 418 g/mol. The Morgan fingerprint density at radius 3 is 2.88 bits per heavy atom. The van der Waals surface area contributed by atoms with Crippen molar-refractivity contribution >= 4 is 50.6 Å².